The van der Waals surface area contributed by atoms with E-state index in [2.05, 4.69) is 5.32 Å². The molecule has 4 nitrogen and oxygen atoms in total. The summed E-state index contributed by atoms with van der Waals surface area (Å²) in [4.78, 5) is 11.3. The normalized spacial score (nSPS) is 11.1. The summed E-state index contributed by atoms with van der Waals surface area (Å²) >= 11 is 0. The van der Waals surface area contributed by atoms with Gasteiger partial charge in [0.15, 0.2) is 0 Å². The number of carbonyl (C=O) groups is 1. The van der Waals surface area contributed by atoms with Gasteiger partial charge in [-0.25, -0.2) is 0 Å². The summed E-state index contributed by atoms with van der Waals surface area (Å²) in [6.45, 7) is -1.59. The largest absolute Gasteiger partial charge is 0.497 e. The molecule has 0 saturated heterocycles. The average molecular weight is 262 g/mol. The molecule has 1 aromatic carbocycles. The molecule has 0 aromatic heterocycles. The number of nitrogens with one attached hydrogen (secondary N) is 2. The Morgan fingerprint density at radius 3 is 2.39 bits per heavy atom. The molecule has 0 fully saturated rings. The van der Waals surface area contributed by atoms with E-state index in [9.17, 15) is 18.0 Å². The van der Waals surface area contributed by atoms with Crippen LogP contribution in [0.2, 0.25) is 0 Å². The summed E-state index contributed by atoms with van der Waals surface area (Å²) in [5, 5.41) is 4.46. The van der Waals surface area contributed by atoms with Crippen molar-refractivity contribution in [2.75, 3.05) is 25.5 Å². The fourth-order valence-electron chi connectivity index (χ4n) is 1.20. The number of halogens is 3. The Hall–Kier alpha value is -1.76. The molecule has 1 amide bonds. The topological polar surface area (TPSA) is 50.4 Å². The lowest BCUT2D eigenvalue weighted by Gasteiger charge is -2.09. The predicted molar refractivity (Wildman–Crippen MR) is 60.5 cm³/mol. The highest BCUT2D eigenvalue weighted by molar-refractivity contribution is 5.92. The van der Waals surface area contributed by atoms with Crippen LogP contribution in [0.3, 0.4) is 0 Å². The van der Waals surface area contributed by atoms with Gasteiger partial charge in [0.1, 0.15) is 5.75 Å². The van der Waals surface area contributed by atoms with Crippen LogP contribution in [-0.2, 0) is 4.79 Å². The first-order valence-electron chi connectivity index (χ1n) is 5.12. The van der Waals surface area contributed by atoms with Crippen molar-refractivity contribution in [1.29, 1.82) is 0 Å². The van der Waals surface area contributed by atoms with Crippen LogP contribution in [0.15, 0.2) is 24.3 Å². The van der Waals surface area contributed by atoms with Crippen LogP contribution >= 0.6 is 0 Å². The maximum atomic E-state index is 11.8. The van der Waals surface area contributed by atoms with E-state index in [1.807, 2.05) is 5.32 Å². The molecular formula is C11H13F3N2O2. The summed E-state index contributed by atoms with van der Waals surface area (Å²) in [5.74, 6) is 0.0904. The van der Waals surface area contributed by atoms with E-state index >= 15 is 0 Å². The van der Waals surface area contributed by atoms with Gasteiger partial charge < -0.3 is 15.4 Å². The molecule has 1 aromatic rings. The maximum Gasteiger partial charge on any atom is 0.401 e. The third kappa shape index (κ3) is 5.53. The number of ether oxygens (including phenoxy) is 1. The molecule has 1 rings (SSSR count). The molecule has 0 saturated carbocycles. The second kappa shape index (κ2) is 6.25. The van der Waals surface area contributed by atoms with Crippen LogP contribution in [-0.4, -0.2) is 32.3 Å². The van der Waals surface area contributed by atoms with Crippen LogP contribution in [0, 0.1) is 0 Å². The zero-order chi connectivity index (χ0) is 13.6. The third-order valence-electron chi connectivity index (χ3n) is 1.98. The quantitative estimate of drug-likeness (QED) is 0.850. The first-order valence-corrected chi connectivity index (χ1v) is 5.12. The van der Waals surface area contributed by atoms with Crippen LogP contribution in [0.5, 0.6) is 5.75 Å². The third-order valence-corrected chi connectivity index (χ3v) is 1.98. The summed E-state index contributed by atoms with van der Waals surface area (Å²) < 4.78 is 40.4. The fourth-order valence-corrected chi connectivity index (χ4v) is 1.20. The summed E-state index contributed by atoms with van der Waals surface area (Å²) in [6.07, 6.45) is -4.32. The first kappa shape index (κ1) is 14.3. The molecule has 0 aliphatic carbocycles. The fraction of sp³-hybridized carbons (Fsp3) is 0.364. The van der Waals surface area contributed by atoms with E-state index < -0.39 is 25.2 Å². The number of benzene rings is 1. The molecule has 0 bridgehead atoms. The van der Waals surface area contributed by atoms with Crippen molar-refractivity contribution in [3.63, 3.8) is 0 Å². The van der Waals surface area contributed by atoms with E-state index in [-0.39, 0.29) is 0 Å². The smallest absolute Gasteiger partial charge is 0.401 e. The second-order valence-electron chi connectivity index (χ2n) is 3.50. The Bertz CT molecular complexity index is 390. The number of methoxy groups -OCH3 is 1. The number of anilines is 1. The maximum absolute atomic E-state index is 11.8. The number of alkyl halides is 3. The van der Waals surface area contributed by atoms with Gasteiger partial charge in [-0.1, -0.05) is 0 Å². The average Bonchev–Trinajstić information content (AvgIpc) is 2.28. The molecule has 100 valence electrons. The van der Waals surface area contributed by atoms with Gasteiger partial charge in [-0.05, 0) is 24.3 Å². The molecule has 0 aliphatic heterocycles. The lowest BCUT2D eigenvalue weighted by atomic mass is 10.3. The van der Waals surface area contributed by atoms with Gasteiger partial charge in [-0.15, -0.1) is 0 Å². The number of hydrogen-bond donors (Lipinski definition) is 2. The van der Waals surface area contributed by atoms with E-state index in [1.165, 1.54) is 7.11 Å². The van der Waals surface area contributed by atoms with Gasteiger partial charge in [0, 0.05) is 5.69 Å². The molecule has 2 N–H and O–H groups in total. The molecule has 0 atom stereocenters. The van der Waals surface area contributed by atoms with Crippen LogP contribution in [0.1, 0.15) is 0 Å². The van der Waals surface area contributed by atoms with Crippen LogP contribution in [0.25, 0.3) is 0 Å². The molecule has 7 heteroatoms. The van der Waals surface area contributed by atoms with Gasteiger partial charge in [0.05, 0.1) is 20.2 Å². The molecule has 0 aliphatic rings. The van der Waals surface area contributed by atoms with Gasteiger partial charge in [-0.3, -0.25) is 4.79 Å². The number of amides is 1. The monoisotopic (exact) mass is 262 g/mol. The highest BCUT2D eigenvalue weighted by atomic mass is 19.4. The summed E-state index contributed by atoms with van der Waals surface area (Å²) in [5.41, 5.74) is 0.495. The van der Waals surface area contributed by atoms with E-state index in [0.717, 1.165) is 0 Å². The van der Waals surface area contributed by atoms with E-state index in [4.69, 9.17) is 4.74 Å². The Morgan fingerprint density at radius 1 is 1.28 bits per heavy atom. The first-order chi connectivity index (χ1) is 8.40. The van der Waals surface area contributed by atoms with Crippen molar-refractivity contribution >= 4 is 11.6 Å². The zero-order valence-electron chi connectivity index (χ0n) is 9.67. The molecule has 0 unspecified atom stereocenters. The number of hydrogen-bond acceptors (Lipinski definition) is 3. The summed E-state index contributed by atoms with van der Waals surface area (Å²) in [7, 11) is 1.51. The van der Waals surface area contributed by atoms with E-state index in [0.29, 0.717) is 11.4 Å². The molecular weight excluding hydrogens is 249 g/mol. The molecule has 0 spiro atoms. The standard InChI is InChI=1S/C11H13F3N2O2/c1-18-9-4-2-8(3-5-9)16-10(17)6-15-7-11(12,13)14/h2-5,15H,6-7H2,1H3,(H,16,17). The van der Waals surface area contributed by atoms with Crippen molar-refractivity contribution in [2.45, 2.75) is 6.18 Å². The number of rotatable bonds is 5. The van der Waals surface area contributed by atoms with Crippen molar-refractivity contribution < 1.29 is 22.7 Å². The van der Waals surface area contributed by atoms with Crippen molar-refractivity contribution in [2.24, 2.45) is 0 Å². The minimum Gasteiger partial charge on any atom is -0.497 e. The van der Waals surface area contributed by atoms with Gasteiger partial charge in [0.25, 0.3) is 0 Å². The van der Waals surface area contributed by atoms with Crippen LogP contribution < -0.4 is 15.4 Å². The Balaban J connectivity index is 2.35. The highest BCUT2D eigenvalue weighted by Crippen LogP contribution is 2.15. The van der Waals surface area contributed by atoms with Gasteiger partial charge in [0.2, 0.25) is 5.91 Å². The molecule has 0 radical (unpaired) electrons. The Kier molecular flexibility index (Phi) is 4.96. The molecule has 0 heterocycles. The number of carbonyl (C=O) groups excluding carboxylic acids is 1. The van der Waals surface area contributed by atoms with Crippen molar-refractivity contribution in [3.8, 4) is 5.75 Å². The van der Waals surface area contributed by atoms with Gasteiger partial charge >= 0.3 is 6.18 Å². The minimum atomic E-state index is -4.32. The second-order valence-corrected chi connectivity index (χ2v) is 3.50. The Morgan fingerprint density at radius 2 is 1.89 bits per heavy atom. The SMILES string of the molecule is COc1ccc(NC(=O)CNCC(F)(F)F)cc1. The van der Waals surface area contributed by atoms with Crippen LogP contribution in [0.4, 0.5) is 18.9 Å². The predicted octanol–water partition coefficient (Wildman–Crippen LogP) is 1.79. The zero-order valence-corrected chi connectivity index (χ0v) is 9.67. The lowest BCUT2D eigenvalue weighted by Crippen LogP contribution is -2.35. The highest BCUT2D eigenvalue weighted by Gasteiger charge is 2.26. The molecule has 18 heavy (non-hydrogen) atoms. The Labute approximate surface area is 102 Å². The minimum absolute atomic E-state index is 0.397. The van der Waals surface area contributed by atoms with Crippen molar-refractivity contribution in [1.82, 2.24) is 5.32 Å². The van der Waals surface area contributed by atoms with Crippen molar-refractivity contribution in [3.05, 3.63) is 24.3 Å². The summed E-state index contributed by atoms with van der Waals surface area (Å²) in [6, 6.07) is 6.47. The van der Waals surface area contributed by atoms with Gasteiger partial charge in [-0.2, -0.15) is 13.2 Å². The van der Waals surface area contributed by atoms with E-state index in [1.54, 1.807) is 24.3 Å². The lowest BCUT2D eigenvalue weighted by molar-refractivity contribution is -0.126.